The van der Waals surface area contributed by atoms with Crippen molar-refractivity contribution in [3.8, 4) is 17.1 Å². The molecule has 3 rings (SSSR count). The Hall–Kier alpha value is -5.14. The Morgan fingerprint density at radius 1 is 0.909 bits per heavy atom. The number of alkyl carbamates (subject to hydrolysis) is 1. The van der Waals surface area contributed by atoms with Crippen LogP contribution in [0, 0.1) is 5.92 Å². The number of benzene rings is 2. The lowest BCUT2D eigenvalue weighted by Gasteiger charge is -2.15. The molecule has 0 spiro atoms. The van der Waals surface area contributed by atoms with Crippen molar-refractivity contribution in [3.63, 3.8) is 0 Å². The molecule has 0 bridgehead atoms. The fraction of sp³-hybridized carbons (Fsp3) is 0.400. The van der Waals surface area contributed by atoms with Crippen LogP contribution in [-0.2, 0) is 27.5 Å². The summed E-state index contributed by atoms with van der Waals surface area (Å²) in [5.41, 5.74) is 2.43. The third-order valence-corrected chi connectivity index (χ3v) is 6.54. The molecule has 1 aromatic heterocycles. The maximum absolute atomic E-state index is 12.5. The summed E-state index contributed by atoms with van der Waals surface area (Å²) in [5, 5.41) is 24.6. The number of aromatic nitrogens is 4. The Balaban J connectivity index is 1.36. The van der Waals surface area contributed by atoms with Gasteiger partial charge in [0.25, 0.3) is 0 Å². The summed E-state index contributed by atoms with van der Waals surface area (Å²) in [7, 11) is 4.92. The molecular weight excluding hydrogens is 568 g/mol. The predicted octanol–water partition coefficient (Wildman–Crippen LogP) is 3.34. The van der Waals surface area contributed by atoms with Crippen molar-refractivity contribution in [1.29, 1.82) is 0 Å². The van der Waals surface area contributed by atoms with Gasteiger partial charge < -0.3 is 35.1 Å². The first kappa shape index (κ1) is 33.4. The number of carbonyl (C=O) groups is 4. The number of hydrogen-bond acceptors (Lipinski definition) is 11. The summed E-state index contributed by atoms with van der Waals surface area (Å²) in [6.45, 7) is 1.93. The van der Waals surface area contributed by atoms with E-state index in [1.165, 1.54) is 11.8 Å². The van der Waals surface area contributed by atoms with E-state index in [-0.39, 0.29) is 43.0 Å². The Morgan fingerprint density at radius 2 is 1.59 bits per heavy atom. The summed E-state index contributed by atoms with van der Waals surface area (Å²) in [4.78, 5) is 49.1. The molecule has 0 radical (unpaired) electrons. The second kappa shape index (κ2) is 17.1. The van der Waals surface area contributed by atoms with Crippen LogP contribution in [0.3, 0.4) is 0 Å². The van der Waals surface area contributed by atoms with Crippen LogP contribution in [0.2, 0.25) is 0 Å². The maximum Gasteiger partial charge on any atom is 0.415 e. The molecule has 0 aliphatic carbocycles. The average Bonchev–Trinajstić information content (AvgIpc) is 3.03. The first-order valence-corrected chi connectivity index (χ1v) is 14.2. The van der Waals surface area contributed by atoms with Crippen molar-refractivity contribution < 1.29 is 28.7 Å². The number of unbranched alkanes of at least 4 members (excludes halogenated alkanes) is 1. The van der Waals surface area contributed by atoms with Gasteiger partial charge in [-0.1, -0.05) is 18.6 Å². The zero-order valence-electron chi connectivity index (χ0n) is 25.3. The van der Waals surface area contributed by atoms with Crippen molar-refractivity contribution in [2.45, 2.75) is 45.8 Å². The number of amides is 3. The van der Waals surface area contributed by atoms with Crippen molar-refractivity contribution in [2.75, 3.05) is 33.0 Å². The molecule has 0 aliphatic heterocycles. The summed E-state index contributed by atoms with van der Waals surface area (Å²) in [5.74, 6) is 0.395. The normalized spacial score (nSPS) is 11.2. The molecule has 44 heavy (non-hydrogen) atoms. The predicted molar refractivity (Wildman–Crippen MR) is 161 cm³/mol. The van der Waals surface area contributed by atoms with Gasteiger partial charge in [0.15, 0.2) is 5.82 Å². The van der Waals surface area contributed by atoms with E-state index in [4.69, 9.17) is 9.47 Å². The van der Waals surface area contributed by atoms with Gasteiger partial charge in [0.1, 0.15) is 18.1 Å². The van der Waals surface area contributed by atoms with Crippen LogP contribution in [0.25, 0.3) is 11.4 Å². The van der Waals surface area contributed by atoms with Crippen molar-refractivity contribution >= 4 is 29.6 Å². The highest BCUT2D eigenvalue weighted by molar-refractivity contribution is 5.85. The largest absolute Gasteiger partial charge is 0.445 e. The van der Waals surface area contributed by atoms with Gasteiger partial charge >= 0.3 is 12.2 Å². The van der Waals surface area contributed by atoms with Crippen LogP contribution >= 0.6 is 0 Å². The van der Waals surface area contributed by atoms with Crippen molar-refractivity contribution in [1.82, 2.24) is 35.9 Å². The van der Waals surface area contributed by atoms with Gasteiger partial charge in [0.05, 0.1) is 6.54 Å². The van der Waals surface area contributed by atoms with Gasteiger partial charge in [-0.25, -0.2) is 9.59 Å². The van der Waals surface area contributed by atoms with Gasteiger partial charge in [0.2, 0.25) is 11.7 Å². The molecule has 0 fully saturated rings. The molecule has 1 atom stereocenters. The number of nitrogens with zero attached hydrogens (tertiary/aromatic N) is 5. The van der Waals surface area contributed by atoms with E-state index in [0.29, 0.717) is 42.9 Å². The highest BCUT2D eigenvalue weighted by Crippen LogP contribution is 2.17. The molecule has 0 saturated heterocycles. The Bertz CT molecular complexity index is 1380. The molecule has 1 heterocycles. The van der Waals surface area contributed by atoms with Gasteiger partial charge in [-0.3, -0.25) is 4.79 Å². The second-order valence-electron chi connectivity index (χ2n) is 10.1. The molecule has 3 aromatic rings. The van der Waals surface area contributed by atoms with Gasteiger partial charge in [0, 0.05) is 51.3 Å². The molecule has 3 N–H and O–H groups in total. The highest BCUT2D eigenvalue weighted by Gasteiger charge is 2.19. The smallest absolute Gasteiger partial charge is 0.415 e. The summed E-state index contributed by atoms with van der Waals surface area (Å²) in [6, 6.07) is 14.1. The SMILES string of the molecule is CNC(=O)C(CCCCNC(=O)OCc1ccc(OC(=O)N(C)Cc2nnc(-c3ccc(NC)cc3)nn2)cc1)CC(C)=O. The lowest BCUT2D eigenvalue weighted by Crippen LogP contribution is -2.30. The van der Waals surface area contributed by atoms with Crippen LogP contribution in [0.15, 0.2) is 48.5 Å². The topological polar surface area (TPSA) is 178 Å². The Morgan fingerprint density at radius 3 is 2.20 bits per heavy atom. The van der Waals surface area contributed by atoms with E-state index >= 15 is 0 Å². The zero-order valence-corrected chi connectivity index (χ0v) is 25.3. The van der Waals surface area contributed by atoms with E-state index < -0.39 is 12.2 Å². The van der Waals surface area contributed by atoms with E-state index in [1.807, 2.05) is 31.3 Å². The van der Waals surface area contributed by atoms with Crippen molar-refractivity contribution in [3.05, 3.63) is 59.9 Å². The van der Waals surface area contributed by atoms with Gasteiger partial charge in [-0.05, 0) is 61.7 Å². The van der Waals surface area contributed by atoms with Gasteiger partial charge in [-0.15, -0.1) is 20.4 Å². The Labute approximate surface area is 255 Å². The summed E-state index contributed by atoms with van der Waals surface area (Å²) in [6.07, 6.45) is 0.902. The molecule has 2 aromatic carbocycles. The number of hydrogen-bond donors (Lipinski definition) is 3. The minimum atomic E-state index is -0.619. The van der Waals surface area contributed by atoms with E-state index in [1.54, 1.807) is 38.4 Å². The molecular formula is C30H38N8O6. The number of Topliss-reactive ketones (excluding diaryl/α,β-unsaturated/α-hetero) is 1. The minimum absolute atomic E-state index is 0.0320. The number of carbonyl (C=O) groups excluding carboxylic acids is 4. The van der Waals surface area contributed by atoms with Crippen LogP contribution in [-0.4, -0.2) is 76.9 Å². The van der Waals surface area contributed by atoms with E-state index in [0.717, 1.165) is 11.3 Å². The van der Waals surface area contributed by atoms with Gasteiger partial charge in [-0.2, -0.15) is 0 Å². The summed E-state index contributed by atoms with van der Waals surface area (Å²) < 4.78 is 10.6. The maximum atomic E-state index is 12.5. The fourth-order valence-corrected chi connectivity index (χ4v) is 4.11. The molecule has 0 aliphatic rings. The number of ketones is 1. The second-order valence-corrected chi connectivity index (χ2v) is 10.1. The standard InChI is InChI=1S/C30H38N8O6/c1-20(39)17-23(28(40)32-3)7-5-6-16-33-29(41)43-19-21-8-14-25(15-9-21)44-30(42)38(4)18-26-34-36-27(37-35-26)22-10-12-24(31-2)13-11-22/h8-15,23,31H,5-7,16-19H2,1-4H3,(H,32,40)(H,33,41). The fourth-order valence-electron chi connectivity index (χ4n) is 4.11. The highest BCUT2D eigenvalue weighted by atomic mass is 16.6. The summed E-state index contributed by atoms with van der Waals surface area (Å²) >= 11 is 0. The van der Waals surface area contributed by atoms with E-state index in [2.05, 4.69) is 36.3 Å². The third-order valence-electron chi connectivity index (χ3n) is 6.54. The molecule has 234 valence electrons. The molecule has 1 unspecified atom stereocenters. The first-order chi connectivity index (χ1) is 21.2. The van der Waals surface area contributed by atoms with Crippen LogP contribution in [0.1, 0.15) is 44.0 Å². The molecule has 3 amide bonds. The van der Waals surface area contributed by atoms with E-state index in [9.17, 15) is 19.2 Å². The van der Waals surface area contributed by atoms with Crippen molar-refractivity contribution in [2.24, 2.45) is 5.92 Å². The average molecular weight is 607 g/mol. The van der Waals surface area contributed by atoms with Crippen LogP contribution in [0.4, 0.5) is 15.3 Å². The van der Waals surface area contributed by atoms with Crippen LogP contribution < -0.4 is 20.7 Å². The minimum Gasteiger partial charge on any atom is -0.445 e. The monoisotopic (exact) mass is 606 g/mol. The number of nitrogens with one attached hydrogen (secondary N) is 3. The lowest BCUT2D eigenvalue weighted by molar-refractivity contribution is -0.128. The van der Waals surface area contributed by atoms with Crippen LogP contribution in [0.5, 0.6) is 5.75 Å². The molecule has 14 heteroatoms. The number of anilines is 1. The quantitative estimate of drug-likeness (QED) is 0.216. The Kier molecular flexibility index (Phi) is 13.0. The molecule has 0 saturated carbocycles. The zero-order chi connectivity index (χ0) is 31.9. The number of ether oxygens (including phenoxy) is 2. The lowest BCUT2D eigenvalue weighted by atomic mass is 9.95. The first-order valence-electron chi connectivity index (χ1n) is 14.2. The third kappa shape index (κ3) is 10.9. The number of rotatable bonds is 15. The molecule has 14 nitrogen and oxygen atoms in total.